The van der Waals surface area contributed by atoms with Gasteiger partial charge in [-0.2, -0.15) is 0 Å². The van der Waals surface area contributed by atoms with E-state index in [1.54, 1.807) is 4.90 Å². The SMILES string of the molecule is CC.CCC.O=C1CCC(N2CC3CCCC3C2=O)C(=O)N1. The Kier molecular flexibility index (Phi) is 7.56. The van der Waals surface area contributed by atoms with Crippen molar-refractivity contribution in [2.75, 3.05) is 6.54 Å². The molecule has 1 saturated carbocycles. The van der Waals surface area contributed by atoms with Crippen LogP contribution < -0.4 is 5.32 Å². The van der Waals surface area contributed by atoms with E-state index in [-0.39, 0.29) is 23.6 Å². The largest absolute Gasteiger partial charge is 0.330 e. The van der Waals surface area contributed by atoms with Gasteiger partial charge in [-0.1, -0.05) is 40.5 Å². The van der Waals surface area contributed by atoms with E-state index in [4.69, 9.17) is 0 Å². The van der Waals surface area contributed by atoms with Crippen LogP contribution in [0, 0.1) is 11.8 Å². The highest BCUT2D eigenvalue weighted by Crippen LogP contribution is 2.40. The first-order valence-electron chi connectivity index (χ1n) is 8.72. The van der Waals surface area contributed by atoms with E-state index in [1.807, 2.05) is 13.8 Å². The average Bonchev–Trinajstić information content (AvgIpc) is 3.06. The van der Waals surface area contributed by atoms with Gasteiger partial charge in [-0.3, -0.25) is 19.7 Å². The van der Waals surface area contributed by atoms with Crippen LogP contribution in [0.3, 0.4) is 0 Å². The summed E-state index contributed by atoms with van der Waals surface area (Å²) in [4.78, 5) is 36.7. The van der Waals surface area contributed by atoms with Gasteiger partial charge in [0.1, 0.15) is 6.04 Å². The van der Waals surface area contributed by atoms with Crippen LogP contribution in [0.2, 0.25) is 0 Å². The lowest BCUT2D eigenvalue weighted by Gasteiger charge is -2.30. The molecule has 2 aliphatic heterocycles. The number of carbonyl (C=O) groups is 3. The number of nitrogens with one attached hydrogen (secondary N) is 1. The molecule has 3 unspecified atom stereocenters. The van der Waals surface area contributed by atoms with Gasteiger partial charge in [0.15, 0.2) is 0 Å². The molecule has 0 bridgehead atoms. The predicted octanol–water partition coefficient (Wildman–Crippen LogP) is 2.49. The molecule has 5 heteroatoms. The van der Waals surface area contributed by atoms with Crippen molar-refractivity contribution < 1.29 is 14.4 Å². The Hall–Kier alpha value is -1.39. The highest BCUT2D eigenvalue weighted by Gasteiger charge is 2.47. The molecule has 1 aliphatic carbocycles. The van der Waals surface area contributed by atoms with Gasteiger partial charge >= 0.3 is 0 Å². The zero-order valence-electron chi connectivity index (χ0n) is 14.4. The first kappa shape index (κ1) is 18.7. The van der Waals surface area contributed by atoms with Crippen LogP contribution in [-0.2, 0) is 14.4 Å². The van der Waals surface area contributed by atoms with Crippen molar-refractivity contribution in [3.05, 3.63) is 0 Å². The lowest BCUT2D eigenvalue weighted by molar-refractivity contribution is -0.144. The summed E-state index contributed by atoms with van der Waals surface area (Å²) in [6.45, 7) is 8.95. The number of hydrogen-bond donors (Lipinski definition) is 1. The maximum atomic E-state index is 12.2. The summed E-state index contributed by atoms with van der Waals surface area (Å²) in [5, 5.41) is 2.32. The Labute approximate surface area is 133 Å². The lowest BCUT2D eigenvalue weighted by atomic mass is 10.0. The minimum atomic E-state index is -0.411. The lowest BCUT2D eigenvalue weighted by Crippen LogP contribution is -2.53. The summed E-state index contributed by atoms with van der Waals surface area (Å²) >= 11 is 0. The second-order valence-corrected chi connectivity index (χ2v) is 5.96. The summed E-state index contributed by atoms with van der Waals surface area (Å²) in [6, 6.07) is -0.411. The zero-order valence-corrected chi connectivity index (χ0v) is 14.4. The molecule has 0 spiro atoms. The molecule has 3 fully saturated rings. The monoisotopic (exact) mass is 310 g/mol. The number of likely N-dealkylation sites (tertiary alicyclic amines) is 1. The van der Waals surface area contributed by atoms with E-state index in [2.05, 4.69) is 19.2 Å². The molecule has 3 amide bonds. The van der Waals surface area contributed by atoms with E-state index >= 15 is 0 Å². The summed E-state index contributed by atoms with van der Waals surface area (Å²) in [6.07, 6.45) is 5.27. The second kappa shape index (κ2) is 8.91. The van der Waals surface area contributed by atoms with E-state index in [0.717, 1.165) is 19.3 Å². The third-order valence-corrected chi connectivity index (χ3v) is 4.28. The summed E-state index contributed by atoms with van der Waals surface area (Å²) < 4.78 is 0. The van der Waals surface area contributed by atoms with Crippen molar-refractivity contribution in [3.8, 4) is 0 Å². The van der Waals surface area contributed by atoms with Crippen molar-refractivity contribution >= 4 is 17.7 Å². The van der Waals surface area contributed by atoms with Gasteiger partial charge in [0.25, 0.3) is 0 Å². The summed E-state index contributed by atoms with van der Waals surface area (Å²) in [5.41, 5.74) is 0. The van der Waals surface area contributed by atoms with E-state index in [1.165, 1.54) is 6.42 Å². The van der Waals surface area contributed by atoms with Crippen molar-refractivity contribution in [1.29, 1.82) is 0 Å². The molecule has 3 rings (SSSR count). The minimum absolute atomic E-state index is 0.127. The number of imide groups is 1. The van der Waals surface area contributed by atoms with Crippen LogP contribution in [0.1, 0.15) is 66.2 Å². The van der Waals surface area contributed by atoms with Gasteiger partial charge in [0.2, 0.25) is 17.7 Å². The number of carbonyl (C=O) groups excluding carboxylic acids is 3. The molecule has 0 aromatic carbocycles. The fraction of sp³-hybridized carbons (Fsp3) is 0.824. The van der Waals surface area contributed by atoms with E-state index in [0.29, 0.717) is 25.3 Å². The van der Waals surface area contributed by atoms with Crippen molar-refractivity contribution in [2.45, 2.75) is 72.3 Å². The Balaban J connectivity index is 0.000000435. The molecule has 0 aromatic heterocycles. The van der Waals surface area contributed by atoms with Gasteiger partial charge in [-0.25, -0.2) is 0 Å². The Bertz CT molecular complexity index is 409. The molecule has 22 heavy (non-hydrogen) atoms. The molecule has 126 valence electrons. The highest BCUT2D eigenvalue weighted by molar-refractivity contribution is 6.02. The number of piperidine rings is 1. The molecule has 0 radical (unpaired) electrons. The van der Waals surface area contributed by atoms with Crippen LogP contribution in [0.25, 0.3) is 0 Å². The van der Waals surface area contributed by atoms with Crippen molar-refractivity contribution in [1.82, 2.24) is 10.2 Å². The Morgan fingerprint density at radius 2 is 1.73 bits per heavy atom. The standard InChI is InChI=1S/C12H16N2O3.C3H8.C2H6/c15-10-5-4-9(11(16)13-10)14-6-7-2-1-3-8(7)12(14)17;1-3-2;1-2/h7-9H,1-6H2,(H,13,15,16);3H2,1-2H3;1-2H3. The number of fused-ring (bicyclic) bond motifs is 1. The fourth-order valence-corrected chi connectivity index (χ4v) is 3.40. The molecule has 2 heterocycles. The Morgan fingerprint density at radius 1 is 1.09 bits per heavy atom. The normalized spacial score (nSPS) is 29.9. The zero-order chi connectivity index (χ0) is 16.7. The van der Waals surface area contributed by atoms with Crippen LogP contribution in [0.4, 0.5) is 0 Å². The molecule has 2 saturated heterocycles. The number of rotatable bonds is 1. The number of nitrogens with zero attached hydrogens (tertiary/aromatic N) is 1. The second-order valence-electron chi connectivity index (χ2n) is 5.96. The maximum Gasteiger partial charge on any atom is 0.249 e. The van der Waals surface area contributed by atoms with Crippen molar-refractivity contribution in [3.63, 3.8) is 0 Å². The van der Waals surface area contributed by atoms with Crippen LogP contribution in [0.5, 0.6) is 0 Å². The molecular formula is C17H30N2O3. The average molecular weight is 310 g/mol. The third kappa shape index (κ3) is 4.08. The topological polar surface area (TPSA) is 66.5 Å². The van der Waals surface area contributed by atoms with E-state index < -0.39 is 6.04 Å². The van der Waals surface area contributed by atoms with Gasteiger partial charge in [0, 0.05) is 18.9 Å². The maximum absolute atomic E-state index is 12.2. The van der Waals surface area contributed by atoms with Gasteiger partial charge in [-0.05, 0) is 25.2 Å². The van der Waals surface area contributed by atoms with Gasteiger partial charge < -0.3 is 4.90 Å². The fourth-order valence-electron chi connectivity index (χ4n) is 3.40. The summed E-state index contributed by atoms with van der Waals surface area (Å²) in [5.74, 6) is 0.183. The molecule has 0 aromatic rings. The quantitative estimate of drug-likeness (QED) is 0.757. The number of amides is 3. The molecular weight excluding hydrogens is 280 g/mol. The molecule has 1 N–H and O–H groups in total. The predicted molar refractivity (Wildman–Crippen MR) is 86.0 cm³/mol. The Morgan fingerprint density at radius 3 is 2.27 bits per heavy atom. The number of hydrogen-bond acceptors (Lipinski definition) is 3. The van der Waals surface area contributed by atoms with E-state index in [9.17, 15) is 14.4 Å². The third-order valence-electron chi connectivity index (χ3n) is 4.28. The molecule has 3 atom stereocenters. The van der Waals surface area contributed by atoms with Crippen LogP contribution in [0.15, 0.2) is 0 Å². The smallest absolute Gasteiger partial charge is 0.249 e. The van der Waals surface area contributed by atoms with Crippen LogP contribution >= 0.6 is 0 Å². The van der Waals surface area contributed by atoms with Gasteiger partial charge in [-0.15, -0.1) is 0 Å². The van der Waals surface area contributed by atoms with Crippen molar-refractivity contribution in [2.24, 2.45) is 11.8 Å². The minimum Gasteiger partial charge on any atom is -0.330 e. The first-order valence-corrected chi connectivity index (χ1v) is 8.72. The first-order chi connectivity index (χ1) is 10.6. The van der Waals surface area contributed by atoms with Gasteiger partial charge in [0.05, 0.1) is 0 Å². The summed E-state index contributed by atoms with van der Waals surface area (Å²) in [7, 11) is 0. The highest BCUT2D eigenvalue weighted by atomic mass is 16.2. The van der Waals surface area contributed by atoms with Crippen LogP contribution in [-0.4, -0.2) is 35.2 Å². The molecule has 5 nitrogen and oxygen atoms in total. The molecule has 3 aliphatic rings.